The summed E-state index contributed by atoms with van der Waals surface area (Å²) >= 11 is 0. The van der Waals surface area contributed by atoms with Crippen molar-refractivity contribution in [3.8, 4) is 0 Å². The van der Waals surface area contributed by atoms with Gasteiger partial charge in [0, 0.05) is 13.0 Å². The fourth-order valence-corrected chi connectivity index (χ4v) is 2.15. The first-order chi connectivity index (χ1) is 10.8. The van der Waals surface area contributed by atoms with Gasteiger partial charge in [-0.3, -0.25) is 21.1 Å². The zero-order valence-electron chi connectivity index (χ0n) is 12.9. The highest BCUT2D eigenvalue weighted by Crippen LogP contribution is 2.31. The molecule has 23 heavy (non-hydrogen) atoms. The Morgan fingerprint density at radius 2 is 1.22 bits per heavy atom. The zero-order chi connectivity index (χ0) is 17.3. The fourth-order valence-electron chi connectivity index (χ4n) is 2.15. The van der Waals surface area contributed by atoms with Gasteiger partial charge in [-0.05, 0) is 6.42 Å². The summed E-state index contributed by atoms with van der Waals surface area (Å²) in [4.78, 5) is 23.1. The van der Waals surface area contributed by atoms with Crippen LogP contribution in [-0.2, 0) is 28.5 Å². The average molecular weight is 336 g/mol. The van der Waals surface area contributed by atoms with Crippen molar-refractivity contribution in [1.29, 1.82) is 0 Å². The Balaban J connectivity index is 2.86. The predicted octanol–water partition coefficient (Wildman–Crippen LogP) is -1.43. The minimum atomic E-state index is -2.20. The van der Waals surface area contributed by atoms with Crippen molar-refractivity contribution in [2.45, 2.75) is 18.7 Å². The van der Waals surface area contributed by atoms with Crippen molar-refractivity contribution in [2.24, 2.45) is 16.9 Å². The molecule has 1 aliphatic heterocycles. The second-order valence-electron chi connectivity index (χ2n) is 5.26. The van der Waals surface area contributed by atoms with Gasteiger partial charge in [-0.15, -0.1) is 0 Å². The van der Waals surface area contributed by atoms with Crippen LogP contribution < -0.4 is 11.5 Å². The number of hydrogen-bond donors (Lipinski definition) is 4. The van der Waals surface area contributed by atoms with E-state index >= 15 is 0 Å². The van der Waals surface area contributed by atoms with E-state index in [0.717, 1.165) is 0 Å². The van der Waals surface area contributed by atoms with Crippen LogP contribution in [0.25, 0.3) is 0 Å². The predicted molar refractivity (Wildman–Crippen MR) is 76.5 cm³/mol. The molecule has 0 spiro atoms. The van der Waals surface area contributed by atoms with Gasteiger partial charge in [0.2, 0.25) is 0 Å². The Morgan fingerprint density at radius 1 is 0.783 bits per heavy atom. The Morgan fingerprint density at radius 3 is 1.70 bits per heavy atom. The van der Waals surface area contributed by atoms with Crippen molar-refractivity contribution in [1.82, 2.24) is 0 Å². The van der Waals surface area contributed by atoms with E-state index < -0.39 is 29.6 Å². The molecule has 0 aromatic heterocycles. The molecule has 0 aromatic rings. The molecule has 1 saturated heterocycles. The van der Waals surface area contributed by atoms with Gasteiger partial charge in [-0.25, -0.2) is 0 Å². The van der Waals surface area contributed by atoms with Crippen molar-refractivity contribution < 1.29 is 38.7 Å². The molecule has 0 aliphatic carbocycles. The molecule has 0 unspecified atom stereocenters. The smallest absolute Gasteiger partial charge is 0.321 e. The lowest BCUT2D eigenvalue weighted by Crippen LogP contribution is -2.59. The highest BCUT2D eigenvalue weighted by atomic mass is 16.6. The normalized spacial score (nSPS) is 24.1. The zero-order valence-corrected chi connectivity index (χ0v) is 12.9. The van der Waals surface area contributed by atoms with Crippen LogP contribution >= 0.6 is 0 Å². The summed E-state index contributed by atoms with van der Waals surface area (Å²) in [7, 11) is 0. The number of carboxylic acids is 2. The number of carbonyl (C=O) groups is 2. The maximum absolute atomic E-state index is 11.5. The molecule has 0 amide bonds. The van der Waals surface area contributed by atoms with Gasteiger partial charge in [0.05, 0.1) is 39.6 Å². The summed E-state index contributed by atoms with van der Waals surface area (Å²) in [5, 5.41) is 18.8. The third-order valence-electron chi connectivity index (χ3n) is 3.41. The van der Waals surface area contributed by atoms with E-state index in [9.17, 15) is 19.8 Å². The lowest BCUT2D eigenvalue weighted by molar-refractivity contribution is -0.175. The monoisotopic (exact) mass is 336 g/mol. The summed E-state index contributed by atoms with van der Waals surface area (Å²) < 4.78 is 20.8. The second-order valence-corrected chi connectivity index (χ2v) is 5.26. The summed E-state index contributed by atoms with van der Waals surface area (Å²) in [6, 6.07) is 0. The van der Waals surface area contributed by atoms with E-state index in [0.29, 0.717) is 19.8 Å². The van der Waals surface area contributed by atoms with Gasteiger partial charge >= 0.3 is 11.9 Å². The Hall–Kier alpha value is -1.30. The number of ether oxygens (including phenoxy) is 4. The topological polar surface area (TPSA) is 164 Å². The maximum atomic E-state index is 11.5. The quantitative estimate of drug-likeness (QED) is 0.347. The SMILES string of the molecule is NC1(N)CC(C(=O)O)(C(=O)O)CCOCCOCCOCCO1. The summed E-state index contributed by atoms with van der Waals surface area (Å²) in [5.74, 6) is -5.01. The first-order valence-corrected chi connectivity index (χ1v) is 7.22. The summed E-state index contributed by atoms with van der Waals surface area (Å²) in [6.07, 6.45) is -0.905. The minimum Gasteiger partial charge on any atom is -0.480 e. The number of nitrogens with two attached hydrogens (primary N) is 2. The molecule has 0 bridgehead atoms. The second kappa shape index (κ2) is 9.11. The van der Waals surface area contributed by atoms with Crippen molar-refractivity contribution in [3.05, 3.63) is 0 Å². The molecule has 0 radical (unpaired) electrons. The first-order valence-electron chi connectivity index (χ1n) is 7.22. The maximum Gasteiger partial charge on any atom is 0.321 e. The van der Waals surface area contributed by atoms with Crippen LogP contribution in [0, 0.1) is 5.41 Å². The van der Waals surface area contributed by atoms with Crippen LogP contribution in [0.4, 0.5) is 0 Å². The van der Waals surface area contributed by atoms with Gasteiger partial charge < -0.3 is 29.2 Å². The molecule has 1 fully saturated rings. The van der Waals surface area contributed by atoms with E-state index in [1.54, 1.807) is 0 Å². The van der Waals surface area contributed by atoms with Crippen LogP contribution in [0.15, 0.2) is 0 Å². The molecule has 0 atom stereocenters. The lowest BCUT2D eigenvalue weighted by Gasteiger charge is -2.33. The van der Waals surface area contributed by atoms with Crippen LogP contribution in [0.1, 0.15) is 12.8 Å². The number of carboxylic acid groups (broad SMARTS) is 2. The van der Waals surface area contributed by atoms with Gasteiger partial charge in [0.15, 0.2) is 11.3 Å². The van der Waals surface area contributed by atoms with E-state index in [-0.39, 0.29) is 32.8 Å². The van der Waals surface area contributed by atoms with Crippen LogP contribution in [0.3, 0.4) is 0 Å². The molecule has 134 valence electrons. The van der Waals surface area contributed by atoms with E-state index in [4.69, 9.17) is 30.4 Å². The third-order valence-corrected chi connectivity index (χ3v) is 3.41. The summed E-state index contributed by atoms with van der Waals surface area (Å²) in [5.41, 5.74) is 9.23. The third kappa shape index (κ3) is 6.37. The van der Waals surface area contributed by atoms with Crippen LogP contribution in [0.5, 0.6) is 0 Å². The highest BCUT2D eigenvalue weighted by Gasteiger charge is 2.50. The van der Waals surface area contributed by atoms with Gasteiger partial charge in [0.1, 0.15) is 0 Å². The molecule has 1 heterocycles. The molecule has 1 aliphatic rings. The number of hydrogen-bond acceptors (Lipinski definition) is 8. The van der Waals surface area contributed by atoms with E-state index in [2.05, 4.69) is 0 Å². The Bertz CT molecular complexity index is 387. The van der Waals surface area contributed by atoms with Crippen molar-refractivity contribution >= 4 is 11.9 Å². The number of aliphatic carboxylic acids is 2. The largest absolute Gasteiger partial charge is 0.480 e. The molecule has 6 N–H and O–H groups in total. The van der Waals surface area contributed by atoms with Gasteiger partial charge in [-0.1, -0.05) is 0 Å². The van der Waals surface area contributed by atoms with Crippen LogP contribution in [0.2, 0.25) is 0 Å². The molecule has 10 heteroatoms. The van der Waals surface area contributed by atoms with Gasteiger partial charge in [-0.2, -0.15) is 0 Å². The van der Waals surface area contributed by atoms with Crippen molar-refractivity contribution in [2.75, 3.05) is 46.2 Å². The van der Waals surface area contributed by atoms with Crippen LogP contribution in [-0.4, -0.2) is 74.2 Å². The molecule has 0 saturated carbocycles. The number of rotatable bonds is 2. The summed E-state index contributed by atoms with van der Waals surface area (Å²) in [6.45, 7) is 1.30. The standard InChI is InChI=1S/C13H24N2O8/c14-13(15)9-12(10(16)17,11(18)19)1-2-20-3-4-21-5-6-22-7-8-23-13/h1-9,14-15H2,(H,16,17)(H,18,19). The Labute approximate surface area is 133 Å². The molecule has 10 nitrogen and oxygen atoms in total. The molecular weight excluding hydrogens is 312 g/mol. The fraction of sp³-hybridized carbons (Fsp3) is 0.846. The average Bonchev–Trinajstić information content (AvgIpc) is 2.46. The minimum absolute atomic E-state index is 0.00117. The molecule has 1 rings (SSSR count). The van der Waals surface area contributed by atoms with Crippen molar-refractivity contribution in [3.63, 3.8) is 0 Å². The molecular formula is C13H24N2O8. The highest BCUT2D eigenvalue weighted by molar-refractivity contribution is 5.98. The Kier molecular flexibility index (Phi) is 7.82. The van der Waals surface area contributed by atoms with Gasteiger partial charge in [0.25, 0.3) is 0 Å². The van der Waals surface area contributed by atoms with E-state index in [1.165, 1.54) is 0 Å². The van der Waals surface area contributed by atoms with E-state index in [1.807, 2.05) is 0 Å². The first kappa shape index (κ1) is 19.7. The molecule has 0 aromatic carbocycles. The lowest BCUT2D eigenvalue weighted by atomic mass is 9.79.